The molecule has 3 atom stereocenters. The molecule has 1 aliphatic heterocycles. The highest BCUT2D eigenvalue weighted by Crippen LogP contribution is 2.41. The number of nitrogens with zero attached hydrogens (tertiary/aromatic N) is 4. The van der Waals surface area contributed by atoms with E-state index in [9.17, 15) is 9.50 Å². The molecule has 0 unspecified atom stereocenters. The second-order valence-corrected chi connectivity index (χ2v) is 5.10. The van der Waals surface area contributed by atoms with Crippen LogP contribution in [0.15, 0.2) is 6.33 Å². The van der Waals surface area contributed by atoms with Crippen LogP contribution in [0.2, 0.25) is 0 Å². The second-order valence-electron chi connectivity index (χ2n) is 5.10. The molecule has 0 aromatic carbocycles. The summed E-state index contributed by atoms with van der Waals surface area (Å²) < 4.78 is 20.7. The van der Waals surface area contributed by atoms with E-state index in [1.807, 2.05) is 6.92 Å². The number of terminal acetylenes is 1. The van der Waals surface area contributed by atoms with E-state index >= 15 is 0 Å². The molecule has 1 aliphatic rings. The van der Waals surface area contributed by atoms with Gasteiger partial charge in [-0.2, -0.15) is 14.4 Å². The SMILES string of the molecule is C#C[C@]1(CO)O[C@@H](n2cnc3c(N)nc(F)nc32)C[C@@H]1C. The molecular weight excluding hydrogens is 277 g/mol. The Kier molecular flexibility index (Phi) is 3.04. The Morgan fingerprint density at radius 1 is 1.67 bits per heavy atom. The molecule has 0 spiro atoms. The number of nitrogen functional groups attached to an aromatic ring is 1. The van der Waals surface area contributed by atoms with Crippen LogP contribution >= 0.6 is 0 Å². The van der Waals surface area contributed by atoms with Crippen molar-refractivity contribution in [2.24, 2.45) is 5.92 Å². The Bertz CT molecular complexity index is 740. The minimum atomic E-state index is -1.06. The number of aromatic nitrogens is 4. The summed E-state index contributed by atoms with van der Waals surface area (Å²) in [5.41, 5.74) is 5.10. The fraction of sp³-hybridized carbons (Fsp3) is 0.462. The highest BCUT2D eigenvalue weighted by atomic mass is 19.1. The van der Waals surface area contributed by atoms with Gasteiger partial charge >= 0.3 is 6.08 Å². The van der Waals surface area contributed by atoms with E-state index in [1.165, 1.54) is 6.33 Å². The van der Waals surface area contributed by atoms with Crippen LogP contribution in [0.1, 0.15) is 19.6 Å². The number of halogens is 1. The maximum Gasteiger partial charge on any atom is 0.312 e. The fourth-order valence-corrected chi connectivity index (χ4v) is 2.61. The number of fused-ring (bicyclic) bond motifs is 1. The standard InChI is InChI=1S/C13H14FN5O2/c1-3-13(5-20)7(2)4-8(21-13)19-6-16-9-10(15)17-12(14)18-11(9)19/h1,6-8,20H,4-5H2,2H3,(H2,15,17,18)/t7-,8+,13+/m0/s1. The highest BCUT2D eigenvalue weighted by Gasteiger charge is 2.46. The van der Waals surface area contributed by atoms with Gasteiger partial charge in [-0.3, -0.25) is 4.57 Å². The Hall–Kier alpha value is -2.24. The van der Waals surface area contributed by atoms with Gasteiger partial charge in [-0.1, -0.05) is 12.8 Å². The maximum atomic E-state index is 13.3. The molecule has 0 radical (unpaired) electrons. The van der Waals surface area contributed by atoms with Crippen molar-refractivity contribution in [2.45, 2.75) is 25.2 Å². The molecule has 21 heavy (non-hydrogen) atoms. The van der Waals surface area contributed by atoms with Crippen molar-refractivity contribution in [2.75, 3.05) is 12.3 Å². The van der Waals surface area contributed by atoms with Crippen LogP contribution in [-0.2, 0) is 4.74 Å². The van der Waals surface area contributed by atoms with Crippen LogP contribution < -0.4 is 5.73 Å². The van der Waals surface area contributed by atoms with Gasteiger partial charge in [-0.25, -0.2) is 4.98 Å². The average molecular weight is 291 g/mol. The second kappa shape index (κ2) is 4.65. The van der Waals surface area contributed by atoms with Gasteiger partial charge in [0.15, 0.2) is 22.6 Å². The molecule has 1 saturated heterocycles. The van der Waals surface area contributed by atoms with E-state index in [0.717, 1.165) is 0 Å². The van der Waals surface area contributed by atoms with E-state index in [4.69, 9.17) is 16.9 Å². The van der Waals surface area contributed by atoms with Gasteiger partial charge < -0.3 is 15.6 Å². The number of ether oxygens (including phenoxy) is 1. The third-order valence-corrected chi connectivity index (χ3v) is 3.91. The lowest BCUT2D eigenvalue weighted by Crippen LogP contribution is -2.36. The summed E-state index contributed by atoms with van der Waals surface area (Å²) in [4.78, 5) is 11.2. The number of nitrogens with two attached hydrogens (primary N) is 1. The molecule has 110 valence electrons. The van der Waals surface area contributed by atoms with Crippen molar-refractivity contribution in [3.05, 3.63) is 12.4 Å². The van der Waals surface area contributed by atoms with Crippen molar-refractivity contribution in [1.82, 2.24) is 19.5 Å². The number of hydrogen-bond donors (Lipinski definition) is 2. The Morgan fingerprint density at radius 3 is 3.05 bits per heavy atom. The van der Waals surface area contributed by atoms with Crippen molar-refractivity contribution < 1.29 is 14.2 Å². The highest BCUT2D eigenvalue weighted by molar-refractivity contribution is 5.81. The molecule has 0 saturated carbocycles. The van der Waals surface area contributed by atoms with E-state index in [-0.39, 0.29) is 24.0 Å². The summed E-state index contributed by atoms with van der Waals surface area (Å²) >= 11 is 0. The fourth-order valence-electron chi connectivity index (χ4n) is 2.61. The lowest BCUT2D eigenvalue weighted by molar-refractivity contribution is -0.0717. The van der Waals surface area contributed by atoms with Crippen LogP contribution in [0.5, 0.6) is 0 Å². The molecule has 0 amide bonds. The molecular formula is C13H14FN5O2. The molecule has 2 aromatic heterocycles. The molecule has 3 rings (SSSR count). The van der Waals surface area contributed by atoms with Gasteiger partial charge in [-0.05, 0) is 6.42 Å². The lowest BCUT2D eigenvalue weighted by atomic mass is 9.90. The predicted octanol–water partition coefficient (Wildman–Crippen LogP) is 0.467. The topological polar surface area (TPSA) is 99.1 Å². The molecule has 2 aromatic rings. The largest absolute Gasteiger partial charge is 0.392 e. The molecule has 3 heterocycles. The number of aliphatic hydroxyl groups excluding tert-OH is 1. The van der Waals surface area contributed by atoms with Crippen LogP contribution in [0.4, 0.5) is 10.2 Å². The first-order valence-corrected chi connectivity index (χ1v) is 6.42. The summed E-state index contributed by atoms with van der Waals surface area (Å²) in [5.74, 6) is 2.40. The van der Waals surface area contributed by atoms with Crippen LogP contribution in [-0.4, -0.2) is 36.8 Å². The van der Waals surface area contributed by atoms with Crippen LogP contribution in [0.3, 0.4) is 0 Å². The van der Waals surface area contributed by atoms with E-state index in [0.29, 0.717) is 11.9 Å². The summed E-state index contributed by atoms with van der Waals surface area (Å²) in [6.07, 6.45) is 6.05. The summed E-state index contributed by atoms with van der Waals surface area (Å²) in [7, 11) is 0. The Labute approximate surface area is 120 Å². The number of rotatable bonds is 2. The lowest BCUT2D eigenvalue weighted by Gasteiger charge is -2.24. The van der Waals surface area contributed by atoms with E-state index in [1.54, 1.807) is 4.57 Å². The van der Waals surface area contributed by atoms with Crippen molar-refractivity contribution in [1.29, 1.82) is 0 Å². The molecule has 7 nitrogen and oxygen atoms in total. The predicted molar refractivity (Wildman–Crippen MR) is 72.2 cm³/mol. The smallest absolute Gasteiger partial charge is 0.312 e. The Morgan fingerprint density at radius 2 is 2.43 bits per heavy atom. The van der Waals surface area contributed by atoms with Crippen molar-refractivity contribution in [3.8, 4) is 12.3 Å². The zero-order valence-electron chi connectivity index (χ0n) is 11.3. The van der Waals surface area contributed by atoms with Gasteiger partial charge in [0, 0.05) is 5.92 Å². The van der Waals surface area contributed by atoms with Crippen molar-refractivity contribution in [3.63, 3.8) is 0 Å². The van der Waals surface area contributed by atoms with Crippen LogP contribution in [0.25, 0.3) is 11.2 Å². The molecule has 8 heteroatoms. The zero-order chi connectivity index (χ0) is 15.2. The molecule has 0 bridgehead atoms. The first-order valence-electron chi connectivity index (χ1n) is 6.42. The van der Waals surface area contributed by atoms with E-state index in [2.05, 4.69) is 20.9 Å². The van der Waals surface area contributed by atoms with Gasteiger partial charge in [0.2, 0.25) is 0 Å². The maximum absolute atomic E-state index is 13.3. The molecule has 1 fully saturated rings. The van der Waals surface area contributed by atoms with Gasteiger partial charge in [-0.15, -0.1) is 6.42 Å². The van der Waals surface area contributed by atoms with E-state index < -0.39 is 17.9 Å². The Balaban J connectivity index is 2.05. The third-order valence-electron chi connectivity index (χ3n) is 3.91. The monoisotopic (exact) mass is 291 g/mol. The summed E-state index contributed by atoms with van der Waals surface area (Å²) in [6.45, 7) is 1.60. The average Bonchev–Trinajstić information content (AvgIpc) is 3.00. The number of hydrogen-bond acceptors (Lipinski definition) is 6. The number of anilines is 1. The van der Waals surface area contributed by atoms with Crippen LogP contribution in [0, 0.1) is 24.3 Å². The van der Waals surface area contributed by atoms with Crippen molar-refractivity contribution >= 4 is 17.0 Å². The molecule has 3 N–H and O–H groups in total. The summed E-state index contributed by atoms with van der Waals surface area (Å²) in [6, 6.07) is 0. The minimum absolute atomic E-state index is 0.0346. The number of aliphatic hydroxyl groups is 1. The van der Waals surface area contributed by atoms with Gasteiger partial charge in [0.05, 0.1) is 12.9 Å². The molecule has 0 aliphatic carbocycles. The third kappa shape index (κ3) is 1.93. The van der Waals surface area contributed by atoms with Gasteiger partial charge in [0.1, 0.15) is 6.23 Å². The first kappa shape index (κ1) is 13.7. The van der Waals surface area contributed by atoms with Gasteiger partial charge in [0.25, 0.3) is 0 Å². The quantitative estimate of drug-likeness (QED) is 0.616. The summed E-state index contributed by atoms with van der Waals surface area (Å²) in [5, 5.41) is 9.51. The minimum Gasteiger partial charge on any atom is -0.392 e. The zero-order valence-corrected chi connectivity index (χ0v) is 11.3. The normalized spacial score (nSPS) is 28.9. The first-order chi connectivity index (χ1) is 10.0. The number of imidazole rings is 1.